The third kappa shape index (κ3) is 4.41. The van der Waals surface area contributed by atoms with Gasteiger partial charge in [0.05, 0.1) is 23.5 Å². The molecule has 2 aliphatic rings. The van der Waals surface area contributed by atoms with Crippen molar-refractivity contribution in [3.8, 4) is 6.07 Å². The Labute approximate surface area is 225 Å². The fourth-order valence-corrected chi connectivity index (χ4v) is 5.37. The molecule has 1 fully saturated rings. The van der Waals surface area contributed by atoms with Crippen LogP contribution in [0.1, 0.15) is 38.2 Å². The van der Waals surface area contributed by atoms with Gasteiger partial charge in [-0.05, 0) is 44.0 Å². The van der Waals surface area contributed by atoms with Crippen molar-refractivity contribution in [2.45, 2.75) is 50.6 Å². The third-order valence-electron chi connectivity index (χ3n) is 7.28. The second kappa shape index (κ2) is 9.41. The number of anilines is 5. The Kier molecular flexibility index (Phi) is 5.98. The Hall–Kier alpha value is -4.86. The number of halogens is 3. The van der Waals surface area contributed by atoms with E-state index in [0.717, 1.165) is 6.07 Å². The number of nitriles is 1. The molecule has 0 radical (unpaired) electrons. The summed E-state index contributed by atoms with van der Waals surface area (Å²) in [5.41, 5.74) is 1.23. The van der Waals surface area contributed by atoms with E-state index in [-0.39, 0.29) is 60.4 Å². The molecular weight excluding hydrogens is 527 g/mol. The lowest BCUT2D eigenvalue weighted by Crippen LogP contribution is -2.56. The molecule has 0 unspecified atom stereocenters. The van der Waals surface area contributed by atoms with Crippen LogP contribution in [0.4, 0.5) is 42.0 Å². The topological polar surface area (TPSA) is 131 Å². The molecule has 1 saturated carbocycles. The van der Waals surface area contributed by atoms with Crippen molar-refractivity contribution >= 4 is 45.8 Å². The lowest BCUT2D eigenvalue weighted by molar-refractivity contribution is -0.119. The smallest absolute Gasteiger partial charge is 0.408 e. The number of nitrogens with zero attached hydrogens (tertiary/aromatic N) is 5. The molecule has 204 valence electrons. The van der Waals surface area contributed by atoms with Crippen molar-refractivity contribution in [3.63, 3.8) is 0 Å². The lowest BCUT2D eigenvalue weighted by atomic mass is 9.89. The molecular formula is C27H22F3N7O3. The molecule has 2 aromatic heterocycles. The van der Waals surface area contributed by atoms with Crippen LogP contribution in [0.15, 0.2) is 51.8 Å². The van der Waals surface area contributed by atoms with Crippen LogP contribution in [-0.4, -0.2) is 38.9 Å². The molecule has 4 aromatic rings. The Morgan fingerprint density at radius 1 is 1.20 bits per heavy atom. The first-order valence-corrected chi connectivity index (χ1v) is 12.6. The number of oxazole rings is 1. The number of rotatable bonds is 4. The number of fused-ring (bicyclic) bond motifs is 2. The zero-order chi connectivity index (χ0) is 28.2. The minimum absolute atomic E-state index is 0.00186. The van der Waals surface area contributed by atoms with Crippen LogP contribution in [0.2, 0.25) is 0 Å². The van der Waals surface area contributed by atoms with E-state index in [1.54, 1.807) is 36.1 Å². The van der Waals surface area contributed by atoms with Gasteiger partial charge in [0, 0.05) is 30.6 Å². The Morgan fingerprint density at radius 3 is 2.73 bits per heavy atom. The van der Waals surface area contributed by atoms with Gasteiger partial charge in [-0.25, -0.2) is 22.9 Å². The van der Waals surface area contributed by atoms with Crippen molar-refractivity contribution in [2.24, 2.45) is 0 Å². The predicted molar refractivity (Wildman–Crippen MR) is 140 cm³/mol. The highest BCUT2D eigenvalue weighted by Gasteiger charge is 2.44. The molecule has 0 bridgehead atoms. The van der Waals surface area contributed by atoms with Crippen molar-refractivity contribution in [1.82, 2.24) is 15.0 Å². The van der Waals surface area contributed by atoms with Gasteiger partial charge in [-0.3, -0.25) is 14.7 Å². The van der Waals surface area contributed by atoms with Gasteiger partial charge < -0.3 is 14.6 Å². The molecule has 2 N–H and O–H groups in total. The molecule has 1 atom stereocenters. The van der Waals surface area contributed by atoms with Crippen LogP contribution in [-0.2, 0) is 4.79 Å². The minimum Gasteiger partial charge on any atom is -0.408 e. The van der Waals surface area contributed by atoms with Gasteiger partial charge in [-0.2, -0.15) is 10.2 Å². The van der Waals surface area contributed by atoms with Crippen molar-refractivity contribution in [2.75, 3.05) is 15.1 Å². The minimum atomic E-state index is -2.76. The number of nitrogens with one attached hydrogen (secondary N) is 2. The van der Waals surface area contributed by atoms with Crippen LogP contribution in [0.5, 0.6) is 0 Å². The second-order valence-corrected chi connectivity index (χ2v) is 9.88. The SMILES string of the molecule is C[C@@H]1C(=O)N(c2cccc(C#N)c2)c2cnc(Nc3cc(F)c4[nH]c(=O)oc4c3)nc2N1C1CCC(F)(F)CC1. The maximum Gasteiger partial charge on any atom is 0.417 e. The monoisotopic (exact) mass is 549 g/mol. The summed E-state index contributed by atoms with van der Waals surface area (Å²) < 4.78 is 47.5. The maximum atomic E-state index is 14.6. The number of hydrogen-bond donors (Lipinski definition) is 2. The normalized spacial score (nSPS) is 19.0. The van der Waals surface area contributed by atoms with Gasteiger partial charge in [0.15, 0.2) is 17.2 Å². The zero-order valence-corrected chi connectivity index (χ0v) is 21.1. The quantitative estimate of drug-likeness (QED) is 0.359. The number of carbonyl (C=O) groups excluding carboxylic acids is 1. The predicted octanol–water partition coefficient (Wildman–Crippen LogP) is 5.12. The summed E-state index contributed by atoms with van der Waals surface area (Å²) in [5.74, 6) is -4.23. The van der Waals surface area contributed by atoms with E-state index < -0.39 is 23.5 Å². The lowest BCUT2D eigenvalue weighted by Gasteiger charge is -2.46. The van der Waals surface area contributed by atoms with Crippen molar-refractivity contribution in [1.29, 1.82) is 5.26 Å². The van der Waals surface area contributed by atoms with Gasteiger partial charge in [0.25, 0.3) is 5.91 Å². The van der Waals surface area contributed by atoms with Crippen molar-refractivity contribution < 1.29 is 22.4 Å². The molecule has 3 heterocycles. The van der Waals surface area contributed by atoms with E-state index in [2.05, 4.69) is 26.3 Å². The van der Waals surface area contributed by atoms with Gasteiger partial charge in [0.1, 0.15) is 17.2 Å². The number of carbonyl (C=O) groups is 1. The largest absolute Gasteiger partial charge is 0.417 e. The fraction of sp³-hybridized carbons (Fsp3) is 0.296. The number of alkyl halides is 2. The van der Waals surface area contributed by atoms with Gasteiger partial charge in [-0.15, -0.1) is 0 Å². The standard InChI is InChI=1S/C27H22F3N7O3/c1-14-24(38)37(18-4-2-3-15(9-18)12-31)20-13-32-25(33-16-10-19(28)22-21(11-16)40-26(39)34-22)35-23(20)36(14)17-5-7-27(29,30)8-6-17/h2-4,9-11,13-14,17H,5-8H2,1H3,(H,34,39)(H,32,33,35)/t14-/m1/s1. The molecule has 0 saturated heterocycles. The Balaban J connectivity index is 1.44. The van der Waals surface area contributed by atoms with E-state index in [4.69, 9.17) is 4.42 Å². The molecule has 0 spiro atoms. The molecule has 13 heteroatoms. The van der Waals surface area contributed by atoms with E-state index in [1.807, 2.05) is 0 Å². The van der Waals surface area contributed by atoms with Crippen molar-refractivity contribution in [3.05, 3.63) is 64.5 Å². The first-order valence-electron chi connectivity index (χ1n) is 12.6. The number of aromatic nitrogens is 3. The van der Waals surface area contributed by atoms with Crippen LogP contribution >= 0.6 is 0 Å². The molecule has 10 nitrogen and oxygen atoms in total. The average Bonchev–Trinajstić information content (AvgIpc) is 3.31. The number of hydrogen-bond acceptors (Lipinski definition) is 8. The number of H-pyrrole nitrogens is 1. The first-order chi connectivity index (χ1) is 19.1. The van der Waals surface area contributed by atoms with Gasteiger partial charge in [0.2, 0.25) is 11.9 Å². The van der Waals surface area contributed by atoms with Crippen LogP contribution in [0.25, 0.3) is 11.1 Å². The molecule has 40 heavy (non-hydrogen) atoms. The summed E-state index contributed by atoms with van der Waals surface area (Å²) in [6.07, 6.45) is 1.12. The summed E-state index contributed by atoms with van der Waals surface area (Å²) in [6.45, 7) is 1.69. The van der Waals surface area contributed by atoms with Crippen LogP contribution in [0, 0.1) is 17.1 Å². The number of aromatic amines is 1. The third-order valence-corrected chi connectivity index (χ3v) is 7.28. The fourth-order valence-electron chi connectivity index (χ4n) is 5.37. The first kappa shape index (κ1) is 25.4. The Morgan fingerprint density at radius 2 is 1.98 bits per heavy atom. The summed E-state index contributed by atoms with van der Waals surface area (Å²) in [5, 5.41) is 12.3. The van der Waals surface area contributed by atoms with Gasteiger partial charge >= 0.3 is 5.76 Å². The summed E-state index contributed by atoms with van der Waals surface area (Å²) in [6, 6.07) is 9.99. The zero-order valence-electron chi connectivity index (χ0n) is 21.1. The van der Waals surface area contributed by atoms with E-state index >= 15 is 0 Å². The second-order valence-electron chi connectivity index (χ2n) is 9.88. The molecule has 1 aliphatic heterocycles. The summed E-state index contributed by atoms with van der Waals surface area (Å²) >= 11 is 0. The highest BCUT2D eigenvalue weighted by Crippen LogP contribution is 2.44. The molecule has 1 amide bonds. The molecule has 2 aromatic carbocycles. The maximum absolute atomic E-state index is 14.6. The van der Waals surface area contributed by atoms with E-state index in [0.29, 0.717) is 22.8 Å². The highest BCUT2D eigenvalue weighted by atomic mass is 19.3. The van der Waals surface area contributed by atoms with E-state index in [9.17, 15) is 28.0 Å². The highest BCUT2D eigenvalue weighted by molar-refractivity contribution is 6.10. The molecule has 1 aliphatic carbocycles. The summed E-state index contributed by atoms with van der Waals surface area (Å²) in [7, 11) is 0. The van der Waals surface area contributed by atoms with Crippen LogP contribution in [0.3, 0.4) is 0 Å². The Bertz CT molecular complexity index is 1740. The van der Waals surface area contributed by atoms with E-state index in [1.165, 1.54) is 17.2 Å². The van der Waals surface area contributed by atoms with Gasteiger partial charge in [-0.1, -0.05) is 6.07 Å². The number of benzene rings is 2. The summed E-state index contributed by atoms with van der Waals surface area (Å²) in [4.78, 5) is 39.6. The molecule has 6 rings (SSSR count). The number of amides is 1. The van der Waals surface area contributed by atoms with Crippen LogP contribution < -0.4 is 20.9 Å². The average molecular weight is 550 g/mol.